The third kappa shape index (κ3) is 1.94. The fraction of sp³-hybridized carbons (Fsp3) is 0.0667. The van der Waals surface area contributed by atoms with E-state index in [-0.39, 0.29) is 5.75 Å². The molecule has 0 aliphatic rings. The molecule has 0 fully saturated rings. The van der Waals surface area contributed by atoms with Gasteiger partial charge >= 0.3 is 0 Å². The van der Waals surface area contributed by atoms with Crippen molar-refractivity contribution in [3.63, 3.8) is 0 Å². The highest BCUT2D eigenvalue weighted by molar-refractivity contribution is 6.31. The van der Waals surface area contributed by atoms with E-state index in [0.717, 1.165) is 5.69 Å². The molecule has 0 aliphatic carbocycles. The molecule has 0 saturated heterocycles. The second-order valence-corrected chi connectivity index (χ2v) is 4.94. The molecule has 5 heteroatoms. The van der Waals surface area contributed by atoms with Gasteiger partial charge in [-0.25, -0.2) is 0 Å². The molecule has 20 heavy (non-hydrogen) atoms. The van der Waals surface area contributed by atoms with Crippen LogP contribution in [-0.2, 0) is 0 Å². The van der Waals surface area contributed by atoms with Crippen molar-refractivity contribution in [2.75, 3.05) is 0 Å². The average molecular weight is 287 g/mol. The van der Waals surface area contributed by atoms with Crippen molar-refractivity contribution in [2.45, 2.75) is 6.92 Å². The van der Waals surface area contributed by atoms with Crippen LogP contribution < -0.4 is 5.56 Å². The highest BCUT2D eigenvalue weighted by Gasteiger charge is 2.15. The molecule has 3 rings (SSSR count). The molecule has 0 atom stereocenters. The maximum absolute atomic E-state index is 11.9. The largest absolute Gasteiger partial charge is 0.503 e. The van der Waals surface area contributed by atoms with E-state index in [0.29, 0.717) is 27.1 Å². The molecule has 2 heterocycles. The fourth-order valence-electron chi connectivity index (χ4n) is 2.28. The van der Waals surface area contributed by atoms with E-state index in [9.17, 15) is 9.90 Å². The smallest absolute Gasteiger partial charge is 0.291 e. The van der Waals surface area contributed by atoms with Crippen LogP contribution in [0.1, 0.15) is 5.69 Å². The number of H-pyrrole nitrogens is 1. The molecular formula is C15H11ClN2O2. The van der Waals surface area contributed by atoms with Gasteiger partial charge in [0.25, 0.3) is 5.56 Å². The maximum atomic E-state index is 11.9. The van der Waals surface area contributed by atoms with Gasteiger partial charge in [-0.2, -0.15) is 0 Å². The minimum Gasteiger partial charge on any atom is -0.503 e. The van der Waals surface area contributed by atoms with E-state index in [1.165, 1.54) is 0 Å². The summed E-state index contributed by atoms with van der Waals surface area (Å²) in [5.41, 5.74) is 1.99. The van der Waals surface area contributed by atoms with Crippen LogP contribution in [0.5, 0.6) is 5.75 Å². The summed E-state index contributed by atoms with van der Waals surface area (Å²) in [6.45, 7) is 1.83. The minimum absolute atomic E-state index is 0.323. The molecule has 0 bridgehead atoms. The molecule has 4 nitrogen and oxygen atoms in total. The van der Waals surface area contributed by atoms with Crippen LogP contribution in [-0.4, -0.2) is 15.1 Å². The van der Waals surface area contributed by atoms with E-state index in [4.69, 9.17) is 11.6 Å². The summed E-state index contributed by atoms with van der Waals surface area (Å²) < 4.78 is 0. The van der Waals surface area contributed by atoms with Crippen LogP contribution in [0.25, 0.3) is 22.0 Å². The predicted molar refractivity (Wildman–Crippen MR) is 79.2 cm³/mol. The summed E-state index contributed by atoms with van der Waals surface area (Å²) in [7, 11) is 0. The number of nitrogens with one attached hydrogen (secondary N) is 1. The van der Waals surface area contributed by atoms with Crippen LogP contribution in [0.4, 0.5) is 0 Å². The van der Waals surface area contributed by atoms with E-state index in [2.05, 4.69) is 9.97 Å². The Balaban J connectivity index is 2.51. The molecule has 0 spiro atoms. The first kappa shape index (κ1) is 12.7. The summed E-state index contributed by atoms with van der Waals surface area (Å²) >= 11 is 6.02. The monoisotopic (exact) mass is 286 g/mol. The zero-order chi connectivity index (χ0) is 14.3. The SMILES string of the molecule is Cc1ncccc1-c1c(O)c(=O)[nH]c2ccc(Cl)cc12. The van der Waals surface area contributed by atoms with Crippen molar-refractivity contribution in [1.82, 2.24) is 9.97 Å². The Labute approximate surface area is 119 Å². The molecule has 0 radical (unpaired) electrons. The number of nitrogens with zero attached hydrogens (tertiary/aromatic N) is 1. The van der Waals surface area contributed by atoms with Crippen molar-refractivity contribution in [3.8, 4) is 16.9 Å². The van der Waals surface area contributed by atoms with Gasteiger partial charge in [-0.15, -0.1) is 0 Å². The summed E-state index contributed by atoms with van der Waals surface area (Å²) in [6.07, 6.45) is 1.66. The van der Waals surface area contributed by atoms with Crippen molar-refractivity contribution >= 4 is 22.5 Å². The molecule has 0 unspecified atom stereocenters. The quantitative estimate of drug-likeness (QED) is 0.721. The lowest BCUT2D eigenvalue weighted by molar-refractivity contribution is 0.470. The number of benzene rings is 1. The van der Waals surface area contributed by atoms with Gasteiger partial charge in [0, 0.05) is 38.9 Å². The van der Waals surface area contributed by atoms with Gasteiger partial charge in [0.2, 0.25) is 0 Å². The molecule has 0 saturated carbocycles. The summed E-state index contributed by atoms with van der Waals surface area (Å²) in [5, 5.41) is 11.4. The first-order valence-corrected chi connectivity index (χ1v) is 6.42. The summed E-state index contributed by atoms with van der Waals surface area (Å²) in [5.74, 6) is -0.323. The van der Waals surface area contributed by atoms with E-state index in [1.807, 2.05) is 13.0 Å². The molecular weight excluding hydrogens is 276 g/mol. The normalized spacial score (nSPS) is 10.9. The number of aryl methyl sites for hydroxylation is 1. The standard InChI is InChI=1S/C15H11ClN2O2/c1-8-10(3-2-6-17-8)13-11-7-9(16)4-5-12(11)18-15(20)14(13)19/h2-7,19H,1H3,(H,18,20). The third-order valence-electron chi connectivity index (χ3n) is 3.23. The number of pyridine rings is 2. The van der Waals surface area contributed by atoms with Crippen LogP contribution in [0.15, 0.2) is 41.3 Å². The van der Waals surface area contributed by atoms with Gasteiger partial charge in [0.1, 0.15) is 0 Å². The summed E-state index contributed by atoms with van der Waals surface area (Å²) in [6, 6.07) is 8.70. The second-order valence-electron chi connectivity index (χ2n) is 4.50. The lowest BCUT2D eigenvalue weighted by atomic mass is 9.99. The van der Waals surface area contributed by atoms with Crippen molar-refractivity contribution in [1.29, 1.82) is 0 Å². The van der Waals surface area contributed by atoms with Gasteiger partial charge in [0.05, 0.1) is 0 Å². The van der Waals surface area contributed by atoms with Gasteiger partial charge in [-0.1, -0.05) is 17.7 Å². The van der Waals surface area contributed by atoms with E-state index >= 15 is 0 Å². The molecule has 3 aromatic rings. The van der Waals surface area contributed by atoms with Crippen molar-refractivity contribution in [2.24, 2.45) is 0 Å². The lowest BCUT2D eigenvalue weighted by Gasteiger charge is -2.11. The van der Waals surface area contributed by atoms with Crippen molar-refractivity contribution < 1.29 is 5.11 Å². The fourth-order valence-corrected chi connectivity index (χ4v) is 2.45. The molecule has 0 aliphatic heterocycles. The Morgan fingerprint density at radius 1 is 1.30 bits per heavy atom. The topological polar surface area (TPSA) is 66.0 Å². The molecule has 2 N–H and O–H groups in total. The molecule has 2 aromatic heterocycles. The van der Waals surface area contributed by atoms with Gasteiger partial charge < -0.3 is 10.1 Å². The van der Waals surface area contributed by atoms with Crippen LogP contribution >= 0.6 is 11.6 Å². The Kier molecular flexibility index (Phi) is 2.95. The van der Waals surface area contributed by atoms with Gasteiger partial charge in [-0.05, 0) is 31.2 Å². The summed E-state index contributed by atoms with van der Waals surface area (Å²) in [4.78, 5) is 18.7. The predicted octanol–water partition coefficient (Wildman–Crippen LogP) is 3.26. The maximum Gasteiger partial charge on any atom is 0.291 e. The number of aromatic nitrogens is 2. The molecule has 0 amide bonds. The highest BCUT2D eigenvalue weighted by Crippen LogP contribution is 2.35. The molecule has 100 valence electrons. The van der Waals surface area contributed by atoms with E-state index < -0.39 is 5.56 Å². The van der Waals surface area contributed by atoms with E-state index in [1.54, 1.807) is 30.5 Å². The number of hydrogen-bond acceptors (Lipinski definition) is 3. The van der Waals surface area contributed by atoms with Crippen LogP contribution in [0.3, 0.4) is 0 Å². The Morgan fingerprint density at radius 3 is 2.85 bits per heavy atom. The Morgan fingerprint density at radius 2 is 2.10 bits per heavy atom. The van der Waals surface area contributed by atoms with Crippen molar-refractivity contribution in [3.05, 3.63) is 57.6 Å². The van der Waals surface area contributed by atoms with Crippen LogP contribution in [0.2, 0.25) is 5.02 Å². The van der Waals surface area contributed by atoms with Gasteiger partial charge in [-0.3, -0.25) is 9.78 Å². The minimum atomic E-state index is -0.530. The molecule has 1 aromatic carbocycles. The first-order valence-electron chi connectivity index (χ1n) is 6.04. The zero-order valence-electron chi connectivity index (χ0n) is 10.6. The number of hydrogen-bond donors (Lipinski definition) is 2. The van der Waals surface area contributed by atoms with Crippen LogP contribution in [0, 0.1) is 6.92 Å². The zero-order valence-corrected chi connectivity index (χ0v) is 11.4. The average Bonchev–Trinajstić information content (AvgIpc) is 2.42. The number of aromatic hydroxyl groups is 1. The highest BCUT2D eigenvalue weighted by atomic mass is 35.5. The Bertz CT molecular complexity index is 871. The number of rotatable bonds is 1. The van der Waals surface area contributed by atoms with Gasteiger partial charge in [0.15, 0.2) is 5.75 Å². The lowest BCUT2D eigenvalue weighted by Crippen LogP contribution is -2.07. The number of halogens is 1. The third-order valence-corrected chi connectivity index (χ3v) is 3.46. The number of aromatic amines is 1. The first-order chi connectivity index (χ1) is 9.58. The second kappa shape index (κ2) is 4.65. The number of fused-ring (bicyclic) bond motifs is 1. The Hall–Kier alpha value is -2.33.